The van der Waals surface area contributed by atoms with Gasteiger partial charge in [0.05, 0.1) is 23.7 Å². The molecule has 0 spiro atoms. The maximum Gasteiger partial charge on any atom is 0.154 e. The Morgan fingerprint density at radius 2 is 2.10 bits per heavy atom. The first-order valence-electron chi connectivity index (χ1n) is 2.96. The summed E-state index contributed by atoms with van der Waals surface area (Å²) in [7, 11) is -3.01. The normalized spacial score (nSPS) is 38.2. The predicted molar refractivity (Wildman–Crippen MR) is 34.5 cm³/mol. The fraction of sp³-hybridized carbons (Fsp3) is 1.00. The van der Waals surface area contributed by atoms with Crippen molar-refractivity contribution < 1.29 is 19.4 Å². The van der Waals surface area contributed by atoms with Crippen molar-refractivity contribution >= 4 is 9.84 Å². The smallest absolute Gasteiger partial charge is 0.154 e. The molecule has 1 aliphatic heterocycles. The van der Waals surface area contributed by atoms with E-state index in [2.05, 4.69) is 11.3 Å². The average molecular weight is 167 g/mol. The van der Waals surface area contributed by atoms with Crippen LogP contribution >= 0.6 is 0 Å². The molecule has 0 amide bonds. The van der Waals surface area contributed by atoms with E-state index in [0.717, 1.165) is 0 Å². The molecule has 0 aromatic rings. The molecule has 0 aromatic carbocycles. The van der Waals surface area contributed by atoms with Crippen LogP contribution in [0, 0.1) is 0 Å². The van der Waals surface area contributed by atoms with Crippen molar-refractivity contribution in [1.29, 1.82) is 0 Å². The second-order valence-electron chi connectivity index (χ2n) is 2.45. The molecule has 5 N–H and O–H groups in total. The maximum absolute atomic E-state index is 10.8. The number of rotatable bonds is 1. The lowest BCUT2D eigenvalue weighted by atomic mass is 10.2. The summed E-state index contributed by atoms with van der Waals surface area (Å²) in [5.74, 6) is 3.17. The van der Waals surface area contributed by atoms with Gasteiger partial charge < -0.3 is 5.11 Å². The molecule has 1 rings (SSSR count). The van der Waals surface area contributed by atoms with E-state index in [4.69, 9.17) is 5.11 Å². The lowest BCUT2D eigenvalue weighted by Crippen LogP contribution is -2.70. The Morgan fingerprint density at radius 1 is 1.50 bits per heavy atom. The van der Waals surface area contributed by atoms with Crippen LogP contribution in [0.4, 0.5) is 0 Å². The molecule has 1 fully saturated rings. The van der Waals surface area contributed by atoms with Crippen LogP contribution in [-0.4, -0.2) is 37.2 Å². The molecule has 1 saturated heterocycles. The molecule has 0 radical (unpaired) electrons. The van der Waals surface area contributed by atoms with E-state index in [1.54, 1.807) is 0 Å². The molecule has 5 nitrogen and oxygen atoms in total. The highest BCUT2D eigenvalue weighted by Crippen LogP contribution is 2.10. The fourth-order valence-corrected chi connectivity index (χ4v) is 2.80. The molecule has 0 saturated carbocycles. The highest BCUT2D eigenvalue weighted by Gasteiger charge is 2.36. The summed E-state index contributed by atoms with van der Waals surface area (Å²) in [6, 6.07) is -0.384. The molecule has 6 heteroatoms. The van der Waals surface area contributed by atoms with Gasteiger partial charge in [0.1, 0.15) is 0 Å². The maximum atomic E-state index is 10.8. The number of aliphatic hydroxyl groups excluding tert-OH is 1. The summed E-state index contributed by atoms with van der Waals surface area (Å²) in [6.45, 7) is 0. The second-order valence-corrected chi connectivity index (χ2v) is 4.61. The predicted octanol–water partition coefficient (Wildman–Crippen LogP) is -3.11. The monoisotopic (exact) mass is 167 g/mol. The zero-order chi connectivity index (χ0) is 7.78. The van der Waals surface area contributed by atoms with Gasteiger partial charge >= 0.3 is 0 Å². The van der Waals surface area contributed by atoms with E-state index in [1.165, 1.54) is 0 Å². The molecule has 1 aliphatic rings. The molecule has 10 heavy (non-hydrogen) atoms. The van der Waals surface area contributed by atoms with Crippen LogP contribution in [-0.2, 0) is 9.84 Å². The first-order valence-corrected chi connectivity index (χ1v) is 4.78. The Balaban J connectivity index is 2.71. The molecule has 2 atom stereocenters. The average Bonchev–Trinajstić information content (AvgIpc) is 2.05. The summed E-state index contributed by atoms with van der Waals surface area (Å²) in [5.41, 5.74) is 2.49. The van der Waals surface area contributed by atoms with Gasteiger partial charge in [-0.05, 0) is 0 Å². The number of nitrogens with one attached hydrogen (secondary N) is 1. The van der Waals surface area contributed by atoms with Crippen molar-refractivity contribution in [3.63, 3.8) is 0 Å². The summed E-state index contributed by atoms with van der Waals surface area (Å²) in [6.07, 6.45) is -0.789. The van der Waals surface area contributed by atoms with Crippen molar-refractivity contribution in [3.05, 3.63) is 0 Å². The molecular formula is C4H11N2O3S+. The van der Waals surface area contributed by atoms with E-state index >= 15 is 0 Å². The van der Waals surface area contributed by atoms with E-state index in [0.29, 0.717) is 0 Å². The summed E-state index contributed by atoms with van der Waals surface area (Å²) in [5, 5.41) is 9.04. The summed E-state index contributed by atoms with van der Waals surface area (Å²) >= 11 is 0. The SMILES string of the molecule is [NH3+]NC1CS(=O)(=O)CC1O. The van der Waals surface area contributed by atoms with Crippen molar-refractivity contribution in [2.75, 3.05) is 11.5 Å². The third-order valence-electron chi connectivity index (χ3n) is 1.58. The molecule has 0 aromatic heterocycles. The topological polar surface area (TPSA) is 94.0 Å². The quantitative estimate of drug-likeness (QED) is 0.360. The van der Waals surface area contributed by atoms with Gasteiger partial charge in [0.2, 0.25) is 0 Å². The number of hydrogen-bond donors (Lipinski definition) is 3. The van der Waals surface area contributed by atoms with E-state index < -0.39 is 15.9 Å². The number of sulfone groups is 1. The van der Waals surface area contributed by atoms with Gasteiger partial charge in [-0.15, -0.1) is 0 Å². The van der Waals surface area contributed by atoms with Crippen LogP contribution in [0.3, 0.4) is 0 Å². The first kappa shape index (κ1) is 7.93. The van der Waals surface area contributed by atoms with Crippen LogP contribution in [0.5, 0.6) is 0 Å². The van der Waals surface area contributed by atoms with Crippen LogP contribution < -0.4 is 11.3 Å². The van der Waals surface area contributed by atoms with Crippen molar-refractivity contribution in [1.82, 2.24) is 5.43 Å². The third kappa shape index (κ3) is 1.46. The van der Waals surface area contributed by atoms with E-state index in [9.17, 15) is 8.42 Å². The molecule has 2 unspecified atom stereocenters. The number of aliphatic hydroxyl groups is 1. The van der Waals surface area contributed by atoms with E-state index in [-0.39, 0.29) is 17.5 Å². The minimum absolute atomic E-state index is 0.00231. The van der Waals surface area contributed by atoms with Gasteiger partial charge in [0, 0.05) is 0 Å². The van der Waals surface area contributed by atoms with Crippen LogP contribution in [0.2, 0.25) is 0 Å². The Labute approximate surface area is 59.1 Å². The Bertz CT molecular complexity index is 213. The minimum atomic E-state index is -3.01. The summed E-state index contributed by atoms with van der Waals surface area (Å²) in [4.78, 5) is 0. The summed E-state index contributed by atoms with van der Waals surface area (Å²) < 4.78 is 21.6. The van der Waals surface area contributed by atoms with Crippen molar-refractivity contribution in [2.45, 2.75) is 12.1 Å². The van der Waals surface area contributed by atoms with Gasteiger partial charge in [0.15, 0.2) is 9.84 Å². The third-order valence-corrected chi connectivity index (χ3v) is 3.30. The largest absolute Gasteiger partial charge is 0.390 e. The molecular weight excluding hydrogens is 156 g/mol. The van der Waals surface area contributed by atoms with Crippen LogP contribution in [0.15, 0.2) is 0 Å². The van der Waals surface area contributed by atoms with Gasteiger partial charge in [-0.25, -0.2) is 8.42 Å². The second kappa shape index (κ2) is 2.46. The van der Waals surface area contributed by atoms with Gasteiger partial charge in [-0.2, -0.15) is 5.43 Å². The minimum Gasteiger partial charge on any atom is -0.390 e. The van der Waals surface area contributed by atoms with Gasteiger partial charge in [-0.1, -0.05) is 0 Å². The van der Waals surface area contributed by atoms with Crippen molar-refractivity contribution in [3.8, 4) is 0 Å². The highest BCUT2D eigenvalue weighted by atomic mass is 32.2. The molecule has 0 bridgehead atoms. The molecule has 60 valence electrons. The standard InChI is InChI=1S/C4H10N2O3S/c5-6-3-1-10(8,9)2-4(3)7/h3-4,6-7H,1-2,5H2/p+1. The zero-order valence-corrected chi connectivity index (χ0v) is 6.26. The number of hydrogen-bond acceptors (Lipinski definition) is 4. The molecule has 1 heterocycles. The highest BCUT2D eigenvalue weighted by molar-refractivity contribution is 7.91. The Hall–Kier alpha value is -0.170. The Kier molecular flexibility index (Phi) is 1.95. The van der Waals surface area contributed by atoms with Gasteiger partial charge in [-0.3, -0.25) is 5.84 Å². The van der Waals surface area contributed by atoms with Crippen molar-refractivity contribution in [2.24, 2.45) is 0 Å². The molecule has 0 aliphatic carbocycles. The Morgan fingerprint density at radius 3 is 2.30 bits per heavy atom. The lowest BCUT2D eigenvalue weighted by molar-refractivity contribution is -0.453. The van der Waals surface area contributed by atoms with Crippen LogP contribution in [0.25, 0.3) is 0 Å². The van der Waals surface area contributed by atoms with Crippen LogP contribution in [0.1, 0.15) is 0 Å². The first-order chi connectivity index (χ1) is 4.55. The lowest BCUT2D eigenvalue weighted by Gasteiger charge is -2.06. The van der Waals surface area contributed by atoms with Gasteiger partial charge in [0.25, 0.3) is 0 Å². The number of quaternary nitrogens is 1. The fourth-order valence-electron chi connectivity index (χ4n) is 1.02. The zero-order valence-electron chi connectivity index (χ0n) is 5.45. The van der Waals surface area contributed by atoms with E-state index in [1.807, 2.05) is 0 Å².